The molecule has 181 valence electrons. The van der Waals surface area contributed by atoms with Crippen molar-refractivity contribution in [3.63, 3.8) is 0 Å². The predicted molar refractivity (Wildman–Crippen MR) is 113 cm³/mol. The molecule has 1 atom stereocenters. The maximum Gasteiger partial charge on any atom is 2.00 e. The first-order chi connectivity index (χ1) is 14.4. The quantitative estimate of drug-likeness (QED) is 0.223. The molecule has 2 aromatic rings. The molecule has 3 rings (SSSR count). The summed E-state index contributed by atoms with van der Waals surface area (Å²) < 4.78 is 84.3. The van der Waals surface area contributed by atoms with Crippen molar-refractivity contribution >= 4 is 17.6 Å². The Bertz CT molecular complexity index is 1010. The Morgan fingerprint density at radius 3 is 1.48 bits per heavy atom. The number of hydrogen-bond donors (Lipinski definition) is 0. The first-order valence-corrected chi connectivity index (χ1v) is 12.5. The SMILES string of the molecule is Cc1cc(C)cc(C(C#N)S(=O)(=O)c2ccccc2)c1.F[P-](F)(F)(F)(F)F.[CH]1[CH][CH][CH][CH]1.[Fe+2]. The number of nitrogens with zero attached hydrogens (tertiary/aromatic N) is 1. The average molecular weight is 551 g/mol. The largest absolute Gasteiger partial charge is 2.00 e. The third kappa shape index (κ3) is 14.3. The smallest absolute Gasteiger partial charge is 0.0312 e. The Hall–Kier alpha value is -1.59. The molecular weight excluding hydrogens is 531 g/mol. The summed E-state index contributed by atoms with van der Waals surface area (Å²) in [5.41, 5.74) is 2.42. The molecule has 1 aliphatic carbocycles. The van der Waals surface area contributed by atoms with E-state index in [9.17, 15) is 38.9 Å². The van der Waals surface area contributed by atoms with Gasteiger partial charge >= 0.3 is 50.1 Å². The molecule has 1 fully saturated rings. The normalized spacial score (nSPS) is 16.2. The van der Waals surface area contributed by atoms with E-state index in [-0.39, 0.29) is 22.0 Å². The van der Waals surface area contributed by atoms with E-state index in [2.05, 4.69) is 0 Å². The molecule has 1 saturated carbocycles. The Morgan fingerprint density at radius 2 is 1.15 bits per heavy atom. The molecule has 0 aliphatic heterocycles. The van der Waals surface area contributed by atoms with Crippen molar-refractivity contribution in [2.24, 2.45) is 0 Å². The molecule has 3 nitrogen and oxygen atoms in total. The van der Waals surface area contributed by atoms with Crippen LogP contribution in [0.1, 0.15) is 21.9 Å². The van der Waals surface area contributed by atoms with Gasteiger partial charge in [-0.25, -0.2) is 8.42 Å². The Labute approximate surface area is 200 Å². The molecule has 0 bridgehead atoms. The zero-order chi connectivity index (χ0) is 24.7. The monoisotopic (exact) mass is 551 g/mol. The van der Waals surface area contributed by atoms with Gasteiger partial charge in [-0.15, -0.1) is 0 Å². The van der Waals surface area contributed by atoms with E-state index in [1.54, 1.807) is 30.3 Å². The van der Waals surface area contributed by atoms with Crippen molar-refractivity contribution in [2.45, 2.75) is 24.0 Å². The van der Waals surface area contributed by atoms with Crippen molar-refractivity contribution in [1.82, 2.24) is 0 Å². The molecule has 1 aliphatic rings. The molecule has 1 unspecified atom stereocenters. The summed E-state index contributed by atoms with van der Waals surface area (Å²) in [6.07, 6.45) is 10.0. The van der Waals surface area contributed by atoms with Crippen LogP contribution in [0.4, 0.5) is 25.2 Å². The number of nitriles is 1. The molecule has 0 aromatic heterocycles. The summed E-state index contributed by atoms with van der Waals surface area (Å²) in [6, 6.07) is 15.5. The standard InChI is InChI=1S/C16H15NO2S.C5H5.F6P.Fe/c1-12-8-13(2)10-14(9-12)16(11-17)20(18,19)15-6-4-3-5-7-15;1-2-4-5-3-1;1-7(2,3,4,5)6;/h3-10,16H,1-2H3;1-5H;;/q;;-1;+2. The van der Waals surface area contributed by atoms with Gasteiger partial charge in [-0.3, -0.25) is 0 Å². The van der Waals surface area contributed by atoms with Gasteiger partial charge in [0.15, 0.2) is 15.1 Å². The van der Waals surface area contributed by atoms with E-state index >= 15 is 0 Å². The fraction of sp³-hybridized carbons (Fsp3) is 0.143. The van der Waals surface area contributed by atoms with Crippen LogP contribution in [-0.4, -0.2) is 8.42 Å². The fourth-order valence-corrected chi connectivity index (χ4v) is 3.99. The minimum absolute atomic E-state index is 0. The van der Waals surface area contributed by atoms with Crippen LogP contribution in [-0.2, 0) is 26.9 Å². The summed E-state index contributed by atoms with van der Waals surface area (Å²) in [4.78, 5) is 0.172. The summed E-state index contributed by atoms with van der Waals surface area (Å²) >= 11 is 0. The zero-order valence-electron chi connectivity index (χ0n) is 17.3. The van der Waals surface area contributed by atoms with Gasteiger partial charge in [-0.2, -0.15) is 5.26 Å². The number of benzene rings is 2. The predicted octanol–water partition coefficient (Wildman–Crippen LogP) is 7.74. The van der Waals surface area contributed by atoms with Gasteiger partial charge in [0.2, 0.25) is 0 Å². The van der Waals surface area contributed by atoms with Gasteiger partial charge in [0, 0.05) is 0 Å². The molecule has 33 heavy (non-hydrogen) atoms. The molecule has 0 amide bonds. The second-order valence-electron chi connectivity index (χ2n) is 6.71. The second-order valence-corrected chi connectivity index (χ2v) is 10.7. The summed E-state index contributed by atoms with van der Waals surface area (Å²) in [5.74, 6) is 0. The Morgan fingerprint density at radius 1 is 0.788 bits per heavy atom. The van der Waals surface area contributed by atoms with E-state index in [0.29, 0.717) is 5.56 Å². The minimum atomic E-state index is -10.7. The maximum atomic E-state index is 12.6. The van der Waals surface area contributed by atoms with E-state index in [4.69, 9.17) is 0 Å². The average Bonchev–Trinajstić information content (AvgIpc) is 3.19. The van der Waals surface area contributed by atoms with Gasteiger partial charge in [0.25, 0.3) is 0 Å². The van der Waals surface area contributed by atoms with Crippen molar-refractivity contribution in [3.8, 4) is 6.07 Å². The van der Waals surface area contributed by atoms with Gasteiger partial charge < -0.3 is 0 Å². The number of hydrogen-bond acceptors (Lipinski definition) is 3. The number of aryl methyl sites for hydroxylation is 2. The van der Waals surface area contributed by atoms with Crippen LogP contribution in [0.2, 0.25) is 0 Å². The number of rotatable bonds is 3. The van der Waals surface area contributed by atoms with E-state index in [1.165, 1.54) is 12.1 Å². The first-order valence-electron chi connectivity index (χ1n) is 8.90. The van der Waals surface area contributed by atoms with Gasteiger partial charge in [-0.1, -0.05) is 47.5 Å². The second kappa shape index (κ2) is 11.2. The van der Waals surface area contributed by atoms with Crippen LogP contribution >= 0.6 is 7.81 Å². The van der Waals surface area contributed by atoms with Crippen molar-refractivity contribution in [1.29, 1.82) is 5.26 Å². The molecule has 0 spiro atoms. The Balaban J connectivity index is 0.000000648. The number of sulfone groups is 1. The topological polar surface area (TPSA) is 57.9 Å². The van der Waals surface area contributed by atoms with Crippen LogP contribution < -0.4 is 0 Å². The molecule has 12 heteroatoms. The van der Waals surface area contributed by atoms with E-state index in [0.717, 1.165) is 11.1 Å². The van der Waals surface area contributed by atoms with Crippen molar-refractivity contribution in [3.05, 3.63) is 97.3 Å². The van der Waals surface area contributed by atoms with Crippen molar-refractivity contribution < 1.29 is 50.7 Å². The van der Waals surface area contributed by atoms with Gasteiger partial charge in [0.05, 0.1) is 11.0 Å². The summed E-state index contributed by atoms with van der Waals surface area (Å²) in [5, 5.41) is 8.15. The minimum Gasteiger partial charge on any atom is -0.0312 e. The molecule has 2 aromatic carbocycles. The van der Waals surface area contributed by atoms with Gasteiger partial charge in [-0.05, 0) is 63.6 Å². The molecule has 0 N–H and O–H groups in total. The van der Waals surface area contributed by atoms with Crippen LogP contribution in [0.5, 0.6) is 0 Å². The van der Waals surface area contributed by atoms with E-state index in [1.807, 2.05) is 58.1 Å². The Kier molecular flexibility index (Phi) is 10.7. The third-order valence-corrected chi connectivity index (χ3v) is 5.53. The fourth-order valence-electron chi connectivity index (χ4n) is 2.55. The van der Waals surface area contributed by atoms with Gasteiger partial charge in [0.1, 0.15) is 0 Å². The van der Waals surface area contributed by atoms with Crippen LogP contribution in [0.15, 0.2) is 53.4 Å². The van der Waals surface area contributed by atoms with Crippen LogP contribution in [0, 0.1) is 57.3 Å². The summed E-state index contributed by atoms with van der Waals surface area (Å²) in [7, 11) is -14.4. The van der Waals surface area contributed by atoms with Crippen molar-refractivity contribution in [2.75, 3.05) is 0 Å². The maximum absolute atomic E-state index is 12.6. The van der Waals surface area contributed by atoms with Crippen LogP contribution in [0.25, 0.3) is 0 Å². The third-order valence-electron chi connectivity index (χ3n) is 3.60. The molecule has 5 radical (unpaired) electrons. The first kappa shape index (κ1) is 31.4. The zero-order valence-corrected chi connectivity index (χ0v) is 20.1. The van der Waals surface area contributed by atoms with Crippen LogP contribution in [0.3, 0.4) is 0 Å². The molecular formula is C21H20F6FeNO2PS+. The molecule has 0 heterocycles. The summed E-state index contributed by atoms with van der Waals surface area (Å²) in [6.45, 7) is 3.78. The van der Waals surface area contributed by atoms with E-state index < -0.39 is 22.9 Å². The number of halogens is 6. The molecule has 0 saturated heterocycles.